The fourth-order valence-electron chi connectivity index (χ4n) is 4.09. The van der Waals surface area contributed by atoms with Crippen LogP contribution in [0.4, 0.5) is 0 Å². The maximum absolute atomic E-state index is 9.96. The fourth-order valence-corrected chi connectivity index (χ4v) is 5.39. The first-order chi connectivity index (χ1) is 13.1. The topological polar surface area (TPSA) is 26.7 Å². The molecular weight excluding hydrogens is 376 g/mol. The average molecular weight is 403 g/mol. The Morgan fingerprint density at radius 1 is 1.11 bits per heavy atom. The summed E-state index contributed by atoms with van der Waals surface area (Å²) in [6.07, 6.45) is 1.63. The van der Waals surface area contributed by atoms with Gasteiger partial charge in [-0.2, -0.15) is 0 Å². The molecule has 0 spiro atoms. The van der Waals surface area contributed by atoms with E-state index < -0.39 is 0 Å². The van der Waals surface area contributed by atoms with Gasteiger partial charge in [0.15, 0.2) is 0 Å². The molecule has 2 aromatic carbocycles. The normalized spacial score (nSPS) is 22.0. The molecule has 27 heavy (non-hydrogen) atoms. The highest BCUT2D eigenvalue weighted by Crippen LogP contribution is 2.43. The van der Waals surface area contributed by atoms with Gasteiger partial charge >= 0.3 is 0 Å². The molecule has 0 aromatic heterocycles. The van der Waals surface area contributed by atoms with E-state index in [1.807, 2.05) is 24.8 Å². The summed E-state index contributed by atoms with van der Waals surface area (Å²) < 4.78 is 0. The van der Waals surface area contributed by atoms with Crippen molar-refractivity contribution >= 4 is 23.4 Å². The molecular formula is C22H27ClN2OS. The number of benzene rings is 2. The lowest BCUT2D eigenvalue weighted by Gasteiger charge is -2.40. The van der Waals surface area contributed by atoms with Gasteiger partial charge in [0.1, 0.15) is 0 Å². The number of halogens is 1. The highest BCUT2D eigenvalue weighted by Gasteiger charge is 2.30. The van der Waals surface area contributed by atoms with Crippen LogP contribution in [0.5, 0.6) is 0 Å². The third-order valence-electron chi connectivity index (χ3n) is 5.72. The number of aliphatic hydroxyl groups excluding tert-OH is 1. The van der Waals surface area contributed by atoms with Crippen molar-refractivity contribution < 1.29 is 5.11 Å². The molecule has 2 atom stereocenters. The molecule has 4 rings (SSSR count). The Morgan fingerprint density at radius 3 is 2.67 bits per heavy atom. The molecule has 0 bridgehead atoms. The molecule has 2 aliphatic heterocycles. The Bertz CT molecular complexity index is 792. The van der Waals surface area contributed by atoms with Gasteiger partial charge in [-0.05, 0) is 48.2 Å². The molecule has 2 aliphatic rings. The second-order valence-corrected chi connectivity index (χ2v) is 9.03. The summed E-state index contributed by atoms with van der Waals surface area (Å²) in [6.45, 7) is 6.91. The fraction of sp³-hybridized carbons (Fsp3) is 0.455. The van der Waals surface area contributed by atoms with E-state index in [0.29, 0.717) is 6.04 Å². The number of nitrogens with zero attached hydrogens (tertiary/aromatic N) is 2. The summed E-state index contributed by atoms with van der Waals surface area (Å²) in [7, 11) is 0. The first-order valence-corrected chi connectivity index (χ1v) is 11.0. The number of rotatable bonds is 4. The highest BCUT2D eigenvalue weighted by molar-refractivity contribution is 7.99. The van der Waals surface area contributed by atoms with Gasteiger partial charge in [0.2, 0.25) is 0 Å². The predicted molar refractivity (Wildman–Crippen MR) is 113 cm³/mol. The second-order valence-electron chi connectivity index (χ2n) is 7.51. The molecule has 2 aromatic rings. The largest absolute Gasteiger partial charge is 0.392 e. The molecule has 1 fully saturated rings. The van der Waals surface area contributed by atoms with Gasteiger partial charge in [-0.25, -0.2) is 0 Å². The number of piperazine rings is 1. The maximum Gasteiger partial charge on any atom is 0.0664 e. The first kappa shape index (κ1) is 19.3. The van der Waals surface area contributed by atoms with Crippen molar-refractivity contribution in [3.8, 4) is 0 Å². The van der Waals surface area contributed by atoms with Crippen LogP contribution in [-0.4, -0.2) is 53.7 Å². The van der Waals surface area contributed by atoms with E-state index in [9.17, 15) is 5.11 Å². The number of fused-ring (bicyclic) bond motifs is 2. The molecule has 2 heterocycles. The number of aliphatic hydroxyl groups is 1. The molecule has 2 unspecified atom stereocenters. The first-order valence-electron chi connectivity index (χ1n) is 9.83. The zero-order valence-electron chi connectivity index (χ0n) is 15.8. The number of hydrogen-bond acceptors (Lipinski definition) is 4. The SMILES string of the molecule is CCC(O)CN1CCN(C2Cc3ccccc3Sc3ccc(Cl)cc32)CC1. The lowest BCUT2D eigenvalue weighted by molar-refractivity contribution is 0.0541. The Kier molecular flexibility index (Phi) is 6.10. The van der Waals surface area contributed by atoms with E-state index in [1.54, 1.807) is 0 Å². The van der Waals surface area contributed by atoms with Gasteiger partial charge in [-0.3, -0.25) is 9.80 Å². The Labute approximate surface area is 171 Å². The van der Waals surface area contributed by atoms with E-state index in [0.717, 1.165) is 50.6 Å². The van der Waals surface area contributed by atoms with Gasteiger partial charge in [-0.15, -0.1) is 0 Å². The molecule has 3 nitrogen and oxygen atoms in total. The summed E-state index contributed by atoms with van der Waals surface area (Å²) >= 11 is 8.24. The molecule has 5 heteroatoms. The quantitative estimate of drug-likeness (QED) is 0.815. The summed E-state index contributed by atoms with van der Waals surface area (Å²) in [6, 6.07) is 15.4. The molecule has 1 saturated heterocycles. The summed E-state index contributed by atoms with van der Waals surface area (Å²) in [5.74, 6) is 0. The van der Waals surface area contributed by atoms with Crippen molar-refractivity contribution in [3.05, 3.63) is 58.6 Å². The third-order valence-corrected chi connectivity index (χ3v) is 7.17. The number of hydrogen-bond donors (Lipinski definition) is 1. The van der Waals surface area contributed by atoms with Crippen molar-refractivity contribution in [1.82, 2.24) is 9.80 Å². The maximum atomic E-state index is 9.96. The average Bonchev–Trinajstić information content (AvgIpc) is 2.85. The smallest absolute Gasteiger partial charge is 0.0664 e. The van der Waals surface area contributed by atoms with Crippen molar-refractivity contribution in [3.63, 3.8) is 0 Å². The van der Waals surface area contributed by atoms with E-state index in [2.05, 4.69) is 46.2 Å². The van der Waals surface area contributed by atoms with Gasteiger partial charge in [-0.1, -0.05) is 48.5 Å². The standard InChI is InChI=1S/C22H27ClN2OS/c1-2-18(26)15-24-9-11-25(12-10-24)20-13-16-5-3-4-6-21(16)27-22-8-7-17(23)14-19(20)22/h3-8,14,18,20,26H,2,9-13,15H2,1H3. The van der Waals surface area contributed by atoms with Crippen molar-refractivity contribution in [2.24, 2.45) is 0 Å². The van der Waals surface area contributed by atoms with Gasteiger partial charge in [0.25, 0.3) is 0 Å². The number of β-amino-alcohol motifs (C(OH)–C–C–N with tert-alkyl or cyclic N) is 1. The minimum absolute atomic E-state index is 0.211. The molecule has 0 aliphatic carbocycles. The predicted octanol–water partition coefficient (Wildman–Crippen LogP) is 4.48. The third kappa shape index (κ3) is 4.36. The zero-order valence-corrected chi connectivity index (χ0v) is 17.3. The Morgan fingerprint density at radius 2 is 1.89 bits per heavy atom. The van der Waals surface area contributed by atoms with Gasteiger partial charge in [0.05, 0.1) is 6.10 Å². The molecule has 0 amide bonds. The van der Waals surface area contributed by atoms with E-state index >= 15 is 0 Å². The Balaban J connectivity index is 1.58. The Hall–Kier alpha value is -1.04. The lowest BCUT2D eigenvalue weighted by atomic mass is 9.96. The molecule has 0 saturated carbocycles. The van der Waals surface area contributed by atoms with Crippen LogP contribution in [0.25, 0.3) is 0 Å². The van der Waals surface area contributed by atoms with Crippen LogP contribution in [0.3, 0.4) is 0 Å². The van der Waals surface area contributed by atoms with Crippen LogP contribution in [0.2, 0.25) is 5.02 Å². The summed E-state index contributed by atoms with van der Waals surface area (Å²) in [5, 5.41) is 10.8. The van der Waals surface area contributed by atoms with Crippen LogP contribution in [-0.2, 0) is 6.42 Å². The zero-order chi connectivity index (χ0) is 18.8. The molecule has 144 valence electrons. The minimum atomic E-state index is -0.211. The monoisotopic (exact) mass is 402 g/mol. The lowest BCUT2D eigenvalue weighted by Crippen LogP contribution is -2.49. The van der Waals surface area contributed by atoms with Crippen molar-refractivity contribution in [2.75, 3.05) is 32.7 Å². The molecule has 0 radical (unpaired) electrons. The van der Waals surface area contributed by atoms with Crippen LogP contribution >= 0.6 is 23.4 Å². The van der Waals surface area contributed by atoms with Crippen LogP contribution in [0.1, 0.15) is 30.5 Å². The van der Waals surface area contributed by atoms with Gasteiger partial charge < -0.3 is 5.11 Å². The highest BCUT2D eigenvalue weighted by atomic mass is 35.5. The summed E-state index contributed by atoms with van der Waals surface area (Å²) in [5.41, 5.74) is 2.77. The van der Waals surface area contributed by atoms with Gasteiger partial charge in [0, 0.05) is 53.6 Å². The van der Waals surface area contributed by atoms with E-state index in [1.165, 1.54) is 20.9 Å². The summed E-state index contributed by atoms with van der Waals surface area (Å²) in [4.78, 5) is 7.67. The molecule has 1 N–H and O–H groups in total. The van der Waals surface area contributed by atoms with E-state index in [4.69, 9.17) is 11.6 Å². The van der Waals surface area contributed by atoms with Crippen LogP contribution < -0.4 is 0 Å². The van der Waals surface area contributed by atoms with Crippen LogP contribution in [0.15, 0.2) is 52.3 Å². The minimum Gasteiger partial charge on any atom is -0.392 e. The van der Waals surface area contributed by atoms with Crippen molar-refractivity contribution in [1.29, 1.82) is 0 Å². The second kappa shape index (κ2) is 8.54. The van der Waals surface area contributed by atoms with E-state index in [-0.39, 0.29) is 6.10 Å². The van der Waals surface area contributed by atoms with Crippen molar-refractivity contribution in [2.45, 2.75) is 41.7 Å². The van der Waals surface area contributed by atoms with Crippen LogP contribution in [0, 0.1) is 0 Å².